The highest BCUT2D eigenvalue weighted by atomic mass is 32.1. The molecule has 0 aliphatic heterocycles. The molecule has 0 fully saturated rings. The Hall–Kier alpha value is -6.74. The lowest BCUT2D eigenvalue weighted by molar-refractivity contribution is 0.660. The number of fused-ring (bicyclic) bond motifs is 7. The van der Waals surface area contributed by atoms with Gasteiger partial charge in [-0.25, -0.2) is 0 Å². The van der Waals surface area contributed by atoms with Crippen LogP contribution in [0.25, 0.3) is 75.5 Å². The van der Waals surface area contributed by atoms with Gasteiger partial charge in [0, 0.05) is 42.5 Å². The lowest BCUT2D eigenvalue weighted by Gasteiger charge is -2.30. The number of para-hydroxylation sites is 1. The fourth-order valence-electron chi connectivity index (χ4n) is 9.28. The second-order valence-electron chi connectivity index (χ2n) is 15.7. The molecule has 0 saturated carbocycles. The summed E-state index contributed by atoms with van der Waals surface area (Å²) in [5.41, 5.74) is 16.0. The number of nitrogens with zero attached hydrogens (tertiary/aromatic N) is 1. The molecule has 0 N–H and O–H groups in total. The highest BCUT2D eigenvalue weighted by molar-refractivity contribution is 7.25. The number of benzene rings is 9. The molecular formula is C55H39NS. The van der Waals surface area contributed by atoms with Crippen LogP contribution in [0.1, 0.15) is 25.0 Å². The minimum Gasteiger partial charge on any atom is -0.310 e. The highest BCUT2D eigenvalue weighted by Crippen LogP contribution is 2.51. The Kier molecular flexibility index (Phi) is 7.77. The first-order valence-electron chi connectivity index (χ1n) is 19.8. The summed E-state index contributed by atoms with van der Waals surface area (Å²) in [7, 11) is 0. The van der Waals surface area contributed by atoms with Gasteiger partial charge in [-0.2, -0.15) is 0 Å². The molecule has 0 unspecified atom stereocenters. The highest BCUT2D eigenvalue weighted by Gasteiger charge is 2.36. The molecule has 9 aromatic carbocycles. The van der Waals surface area contributed by atoms with Crippen LogP contribution in [0.2, 0.25) is 0 Å². The van der Waals surface area contributed by atoms with Gasteiger partial charge in [0.1, 0.15) is 0 Å². The van der Waals surface area contributed by atoms with Crippen molar-refractivity contribution in [2.75, 3.05) is 4.90 Å². The van der Waals surface area contributed by atoms with Crippen LogP contribution in [-0.2, 0) is 5.41 Å². The van der Waals surface area contributed by atoms with E-state index in [-0.39, 0.29) is 5.41 Å². The van der Waals surface area contributed by atoms with Gasteiger partial charge in [0.05, 0.1) is 5.69 Å². The van der Waals surface area contributed by atoms with Crippen molar-refractivity contribution in [3.8, 4) is 44.5 Å². The van der Waals surface area contributed by atoms with Crippen molar-refractivity contribution in [3.63, 3.8) is 0 Å². The SMILES string of the molecule is CC1(C)c2ccccc2-c2ccc(N(c3ccc(-c4ccc(-c5ccccc5)c5ccccc45)cc3)c3ccccc3-c3ccc4sc5ccccc5c4c3)cc21. The standard InChI is InChI=1S/C55H39NS/c1-55(2)50-21-11-8-19-46(50)47-30-29-40(35-51(47)55)56(52-22-12-9-16-43(52)38-26-33-54-49(34-38)48-20-10-13-23-53(48)57-54)39-27-24-37(25-28-39)42-32-31-41(36-14-4-3-5-15-36)44-17-6-7-18-45(42)44/h3-35H,1-2H3. The molecule has 0 atom stereocenters. The normalized spacial score (nSPS) is 12.9. The summed E-state index contributed by atoms with van der Waals surface area (Å²) >= 11 is 1.86. The molecule has 1 aliphatic carbocycles. The molecule has 1 aromatic heterocycles. The van der Waals surface area contributed by atoms with Crippen molar-refractivity contribution in [2.24, 2.45) is 0 Å². The average Bonchev–Trinajstić information content (AvgIpc) is 3.75. The van der Waals surface area contributed by atoms with Crippen LogP contribution in [-0.4, -0.2) is 0 Å². The molecule has 2 heteroatoms. The van der Waals surface area contributed by atoms with E-state index in [2.05, 4.69) is 219 Å². The zero-order chi connectivity index (χ0) is 38.1. The first-order valence-corrected chi connectivity index (χ1v) is 20.6. The van der Waals surface area contributed by atoms with E-state index < -0.39 is 0 Å². The molecule has 11 rings (SSSR count). The van der Waals surface area contributed by atoms with Gasteiger partial charge < -0.3 is 4.90 Å². The maximum absolute atomic E-state index is 2.46. The molecule has 270 valence electrons. The second-order valence-corrected chi connectivity index (χ2v) is 16.8. The van der Waals surface area contributed by atoms with Gasteiger partial charge in [-0.1, -0.05) is 166 Å². The maximum atomic E-state index is 2.46. The summed E-state index contributed by atoms with van der Waals surface area (Å²) in [6.45, 7) is 4.73. The predicted octanol–water partition coefficient (Wildman–Crippen LogP) is 16.0. The van der Waals surface area contributed by atoms with Crippen molar-refractivity contribution in [3.05, 3.63) is 211 Å². The summed E-state index contributed by atoms with van der Waals surface area (Å²) in [5.74, 6) is 0. The lowest BCUT2D eigenvalue weighted by atomic mass is 9.82. The molecule has 0 saturated heterocycles. The maximum Gasteiger partial charge on any atom is 0.0540 e. The molecule has 0 amide bonds. The molecule has 1 heterocycles. The Morgan fingerprint density at radius 2 is 0.895 bits per heavy atom. The van der Waals surface area contributed by atoms with E-state index in [1.807, 2.05) is 11.3 Å². The fraction of sp³-hybridized carbons (Fsp3) is 0.0545. The minimum atomic E-state index is -0.116. The Labute approximate surface area is 337 Å². The third-order valence-corrected chi connectivity index (χ3v) is 13.3. The Morgan fingerprint density at radius 1 is 0.351 bits per heavy atom. The van der Waals surface area contributed by atoms with E-state index in [0.717, 1.165) is 17.1 Å². The van der Waals surface area contributed by atoms with Gasteiger partial charge in [-0.3, -0.25) is 0 Å². The number of anilines is 3. The monoisotopic (exact) mass is 745 g/mol. The molecule has 10 aromatic rings. The van der Waals surface area contributed by atoms with E-state index in [0.29, 0.717) is 0 Å². The number of hydrogen-bond donors (Lipinski definition) is 0. The van der Waals surface area contributed by atoms with E-state index >= 15 is 0 Å². The van der Waals surface area contributed by atoms with Gasteiger partial charge in [-0.05, 0) is 109 Å². The van der Waals surface area contributed by atoms with Gasteiger partial charge in [0.2, 0.25) is 0 Å². The number of hydrogen-bond acceptors (Lipinski definition) is 2. The van der Waals surface area contributed by atoms with E-state index in [9.17, 15) is 0 Å². The zero-order valence-corrected chi connectivity index (χ0v) is 32.7. The molecule has 1 nitrogen and oxygen atoms in total. The summed E-state index contributed by atoms with van der Waals surface area (Å²) in [4.78, 5) is 2.46. The van der Waals surface area contributed by atoms with Crippen molar-refractivity contribution in [1.82, 2.24) is 0 Å². The third kappa shape index (κ3) is 5.44. The first-order chi connectivity index (χ1) is 28.0. The fourth-order valence-corrected chi connectivity index (χ4v) is 10.4. The van der Waals surface area contributed by atoms with Crippen molar-refractivity contribution < 1.29 is 0 Å². The number of rotatable bonds is 6. The van der Waals surface area contributed by atoms with Crippen LogP contribution in [0.3, 0.4) is 0 Å². The molecule has 57 heavy (non-hydrogen) atoms. The van der Waals surface area contributed by atoms with Crippen LogP contribution < -0.4 is 4.90 Å². The van der Waals surface area contributed by atoms with E-state index in [1.165, 1.54) is 86.6 Å². The van der Waals surface area contributed by atoms with Crippen LogP contribution in [0.5, 0.6) is 0 Å². The van der Waals surface area contributed by atoms with Crippen molar-refractivity contribution in [2.45, 2.75) is 19.3 Å². The van der Waals surface area contributed by atoms with Crippen LogP contribution >= 0.6 is 11.3 Å². The van der Waals surface area contributed by atoms with E-state index in [4.69, 9.17) is 0 Å². The average molecular weight is 746 g/mol. The second kappa shape index (κ2) is 13.2. The number of thiophene rings is 1. The molecule has 0 bridgehead atoms. The lowest BCUT2D eigenvalue weighted by Crippen LogP contribution is -2.16. The Balaban J connectivity index is 1.08. The quantitative estimate of drug-likeness (QED) is 0.164. The molecule has 1 aliphatic rings. The summed E-state index contributed by atoms with van der Waals surface area (Å²) in [6, 6.07) is 73.9. The molecular weight excluding hydrogens is 707 g/mol. The smallest absolute Gasteiger partial charge is 0.0540 e. The summed E-state index contributed by atoms with van der Waals surface area (Å²) < 4.78 is 2.64. The van der Waals surface area contributed by atoms with Gasteiger partial charge in [0.15, 0.2) is 0 Å². The summed E-state index contributed by atoms with van der Waals surface area (Å²) in [6.07, 6.45) is 0. The van der Waals surface area contributed by atoms with Gasteiger partial charge in [0.25, 0.3) is 0 Å². The first kappa shape index (κ1) is 33.6. The van der Waals surface area contributed by atoms with Crippen LogP contribution in [0, 0.1) is 0 Å². The van der Waals surface area contributed by atoms with Crippen LogP contribution in [0.4, 0.5) is 17.1 Å². The third-order valence-electron chi connectivity index (χ3n) is 12.1. The zero-order valence-electron chi connectivity index (χ0n) is 31.9. The van der Waals surface area contributed by atoms with Crippen molar-refractivity contribution in [1.29, 1.82) is 0 Å². The Morgan fingerprint density at radius 3 is 1.67 bits per heavy atom. The van der Waals surface area contributed by atoms with Crippen LogP contribution in [0.15, 0.2) is 200 Å². The Bertz CT molecular complexity index is 3150. The topological polar surface area (TPSA) is 3.24 Å². The minimum absolute atomic E-state index is 0.116. The predicted molar refractivity (Wildman–Crippen MR) is 245 cm³/mol. The molecule has 0 spiro atoms. The van der Waals surface area contributed by atoms with E-state index in [1.54, 1.807) is 0 Å². The van der Waals surface area contributed by atoms with Crippen molar-refractivity contribution >= 4 is 59.3 Å². The van der Waals surface area contributed by atoms with Gasteiger partial charge >= 0.3 is 0 Å². The molecule has 0 radical (unpaired) electrons. The summed E-state index contributed by atoms with van der Waals surface area (Å²) in [5, 5.41) is 5.14. The van der Waals surface area contributed by atoms with Gasteiger partial charge in [-0.15, -0.1) is 11.3 Å². The largest absolute Gasteiger partial charge is 0.310 e.